The zero-order valence-corrected chi connectivity index (χ0v) is 25.7. The van der Waals surface area contributed by atoms with Crippen LogP contribution in [0.5, 0.6) is 5.75 Å². The predicted octanol–water partition coefficient (Wildman–Crippen LogP) is 7.87. The Bertz CT molecular complexity index is 1880. The third-order valence-electron chi connectivity index (χ3n) is 6.91. The van der Waals surface area contributed by atoms with Crippen molar-refractivity contribution >= 4 is 17.4 Å². The summed E-state index contributed by atoms with van der Waals surface area (Å²) in [7, 11) is 0. The van der Waals surface area contributed by atoms with E-state index in [9.17, 15) is 22.4 Å². The topological polar surface area (TPSA) is 86.3 Å². The third kappa shape index (κ3) is 7.68. The van der Waals surface area contributed by atoms with Gasteiger partial charge in [0.25, 0.3) is 0 Å². The number of carbonyl (C=O) groups excluding carboxylic acids is 1. The number of aryl methyl sites for hydroxylation is 3. The number of hydrogen-bond acceptors (Lipinski definition) is 5. The van der Waals surface area contributed by atoms with Gasteiger partial charge in [-0.3, -0.25) is 4.57 Å². The van der Waals surface area contributed by atoms with Gasteiger partial charge < -0.3 is 10.1 Å². The summed E-state index contributed by atoms with van der Waals surface area (Å²) >= 11 is 1.23. The Balaban J connectivity index is 1.26. The highest BCUT2D eigenvalue weighted by molar-refractivity contribution is 7.07. The molecule has 0 aliphatic heterocycles. The highest BCUT2D eigenvalue weighted by Crippen LogP contribution is 2.27. The Kier molecular flexibility index (Phi) is 9.65. The molecule has 0 aliphatic carbocycles. The number of amides is 2. The first-order valence-corrected chi connectivity index (χ1v) is 15.1. The van der Waals surface area contributed by atoms with Crippen molar-refractivity contribution in [3.8, 4) is 28.5 Å². The number of nitrogens with zero attached hydrogens (tertiary/aromatic N) is 5. The van der Waals surface area contributed by atoms with Gasteiger partial charge >= 0.3 is 12.4 Å². The lowest BCUT2D eigenvalue weighted by Gasteiger charge is -2.15. The molecule has 0 fully saturated rings. The van der Waals surface area contributed by atoms with Crippen LogP contribution in [0.25, 0.3) is 22.8 Å². The number of halogens is 5. The maximum absolute atomic E-state index is 15.1. The van der Waals surface area contributed by atoms with E-state index in [0.29, 0.717) is 16.1 Å². The van der Waals surface area contributed by atoms with Crippen molar-refractivity contribution in [2.75, 3.05) is 0 Å². The minimum Gasteiger partial charge on any atom is -0.406 e. The second-order valence-corrected chi connectivity index (χ2v) is 11.3. The van der Waals surface area contributed by atoms with Crippen LogP contribution in [0.15, 0.2) is 83.4 Å². The van der Waals surface area contributed by atoms with E-state index in [0.717, 1.165) is 47.5 Å². The summed E-state index contributed by atoms with van der Waals surface area (Å²) in [5.41, 5.74) is 4.75. The van der Waals surface area contributed by atoms with Crippen molar-refractivity contribution in [1.29, 1.82) is 0 Å². The first kappa shape index (κ1) is 32.5. The van der Waals surface area contributed by atoms with E-state index in [2.05, 4.69) is 26.7 Å². The van der Waals surface area contributed by atoms with Gasteiger partial charge in [-0.05, 0) is 67.3 Å². The van der Waals surface area contributed by atoms with Crippen LogP contribution in [0.3, 0.4) is 0 Å². The largest absolute Gasteiger partial charge is 0.573 e. The number of benzene rings is 3. The fraction of sp³-hybridized carbons (Fsp3) is 0.250. The van der Waals surface area contributed by atoms with Crippen LogP contribution in [0.2, 0.25) is 0 Å². The second kappa shape index (κ2) is 13.6. The van der Waals surface area contributed by atoms with Crippen LogP contribution in [0.1, 0.15) is 41.9 Å². The molecule has 8 nitrogen and oxygen atoms in total. The molecule has 0 saturated heterocycles. The third-order valence-corrected chi connectivity index (χ3v) is 7.85. The molecular weight excluding hydrogens is 627 g/mol. The maximum Gasteiger partial charge on any atom is 0.573 e. The normalized spacial score (nSPS) is 13.4. The Labute approximate surface area is 264 Å². The molecule has 2 unspecified atom stereocenters. The monoisotopic (exact) mass is 656 g/mol. The molecule has 0 aliphatic rings. The Morgan fingerprint density at radius 2 is 1.76 bits per heavy atom. The Morgan fingerprint density at radius 1 is 1.04 bits per heavy atom. The van der Waals surface area contributed by atoms with Crippen molar-refractivity contribution in [3.63, 3.8) is 0 Å². The lowest BCUT2D eigenvalue weighted by Crippen LogP contribution is -2.34. The van der Waals surface area contributed by atoms with Crippen LogP contribution in [0.4, 0.5) is 26.7 Å². The van der Waals surface area contributed by atoms with Crippen LogP contribution < -0.4 is 14.9 Å². The lowest BCUT2D eigenvalue weighted by molar-refractivity contribution is -0.274. The molecule has 46 heavy (non-hydrogen) atoms. The quantitative estimate of drug-likeness (QED) is 0.129. The van der Waals surface area contributed by atoms with E-state index in [4.69, 9.17) is 0 Å². The SMILES string of the molecule is CCCc1ccc(C)cc1-n1c(C)cs/c1=N\C(=O)NC(F)C(F)c1ccc(-c2ncn(-c3ccc(OC(F)(F)F)cc3)n2)cc1. The van der Waals surface area contributed by atoms with Crippen molar-refractivity contribution in [2.45, 2.75) is 52.4 Å². The van der Waals surface area contributed by atoms with Crippen molar-refractivity contribution < 1.29 is 31.5 Å². The summed E-state index contributed by atoms with van der Waals surface area (Å²) in [6.45, 7) is 5.93. The number of alkyl halides is 5. The standard InChI is InChI=1S/C32H29F5N6O2S/c1-4-5-21-7-6-19(2)16-26(21)43-20(3)17-46-31(43)40-30(44)39-28(34)27(33)22-8-10-23(11-9-22)29-38-18-42(41-29)24-12-14-25(15-13-24)45-32(35,36)37/h6-18,27-28H,4-5H2,1-3H3,(H,39,44)/b40-31-. The molecule has 2 aromatic heterocycles. The zero-order valence-electron chi connectivity index (χ0n) is 24.9. The minimum absolute atomic E-state index is 0.0257. The van der Waals surface area contributed by atoms with E-state index in [1.807, 2.05) is 47.3 Å². The average molecular weight is 657 g/mol. The van der Waals surface area contributed by atoms with E-state index in [1.54, 1.807) is 0 Å². The Hall–Kier alpha value is -4.85. The van der Waals surface area contributed by atoms with E-state index in [-0.39, 0.29) is 17.1 Å². The van der Waals surface area contributed by atoms with Gasteiger partial charge in [0.05, 0.1) is 11.4 Å². The highest BCUT2D eigenvalue weighted by atomic mass is 32.1. The number of nitrogens with one attached hydrogen (secondary N) is 1. The van der Waals surface area contributed by atoms with Gasteiger partial charge in [0, 0.05) is 16.6 Å². The molecule has 240 valence electrons. The molecule has 5 rings (SSSR count). The van der Waals surface area contributed by atoms with Gasteiger partial charge in [0.15, 0.2) is 16.8 Å². The van der Waals surface area contributed by atoms with Crippen molar-refractivity contribution in [3.05, 3.63) is 106 Å². The van der Waals surface area contributed by atoms with Crippen LogP contribution in [-0.2, 0) is 6.42 Å². The van der Waals surface area contributed by atoms with E-state index < -0.39 is 24.9 Å². The molecule has 2 heterocycles. The molecular formula is C32H29F5N6O2S. The fourth-order valence-electron chi connectivity index (χ4n) is 4.74. The van der Waals surface area contributed by atoms with Crippen molar-refractivity contribution in [2.24, 2.45) is 4.99 Å². The molecule has 0 bridgehead atoms. The van der Waals surface area contributed by atoms with Gasteiger partial charge in [-0.2, -0.15) is 4.99 Å². The predicted molar refractivity (Wildman–Crippen MR) is 163 cm³/mol. The van der Waals surface area contributed by atoms with Crippen molar-refractivity contribution in [1.82, 2.24) is 24.6 Å². The van der Waals surface area contributed by atoms with Gasteiger partial charge in [-0.15, -0.1) is 29.6 Å². The summed E-state index contributed by atoms with van der Waals surface area (Å²) < 4.78 is 74.3. The van der Waals surface area contributed by atoms with Crippen LogP contribution in [-0.4, -0.2) is 38.0 Å². The number of ether oxygens (including phenoxy) is 1. The van der Waals surface area contributed by atoms with Crippen LogP contribution >= 0.6 is 11.3 Å². The molecule has 14 heteroatoms. The summed E-state index contributed by atoms with van der Waals surface area (Å²) in [5, 5.41) is 8.14. The second-order valence-electron chi connectivity index (χ2n) is 10.4. The molecule has 0 radical (unpaired) electrons. The number of urea groups is 1. The molecule has 5 aromatic rings. The molecule has 0 spiro atoms. The van der Waals surface area contributed by atoms with Gasteiger partial charge in [-0.1, -0.05) is 49.7 Å². The van der Waals surface area contributed by atoms with Gasteiger partial charge in [0.1, 0.15) is 12.1 Å². The summed E-state index contributed by atoms with van der Waals surface area (Å²) in [6, 6.07) is 15.8. The van der Waals surface area contributed by atoms with E-state index in [1.165, 1.54) is 58.7 Å². The zero-order chi connectivity index (χ0) is 33.0. The first-order valence-electron chi connectivity index (χ1n) is 14.2. The summed E-state index contributed by atoms with van der Waals surface area (Å²) in [5.74, 6) is -0.130. The fourth-order valence-corrected chi connectivity index (χ4v) is 5.61. The maximum atomic E-state index is 15.1. The molecule has 2 amide bonds. The molecule has 0 saturated carbocycles. The summed E-state index contributed by atoms with van der Waals surface area (Å²) in [4.78, 5) is 21.3. The molecule has 2 atom stereocenters. The summed E-state index contributed by atoms with van der Waals surface area (Å²) in [6.07, 6.45) is -6.23. The Morgan fingerprint density at radius 3 is 2.43 bits per heavy atom. The molecule has 1 N–H and O–H groups in total. The highest BCUT2D eigenvalue weighted by Gasteiger charge is 2.31. The smallest absolute Gasteiger partial charge is 0.406 e. The van der Waals surface area contributed by atoms with E-state index >= 15 is 4.39 Å². The first-order chi connectivity index (χ1) is 21.9. The van der Waals surface area contributed by atoms with Gasteiger partial charge in [-0.25, -0.2) is 23.2 Å². The number of hydrogen-bond donors (Lipinski definition) is 1. The number of thiazole rings is 1. The number of carbonyl (C=O) groups is 1. The van der Waals surface area contributed by atoms with Gasteiger partial charge in [0.2, 0.25) is 6.30 Å². The average Bonchev–Trinajstić information content (AvgIpc) is 3.64. The number of aromatic nitrogens is 4. The lowest BCUT2D eigenvalue weighted by atomic mass is 10.1. The minimum atomic E-state index is -4.80. The number of rotatable bonds is 9. The molecule has 3 aromatic carbocycles. The van der Waals surface area contributed by atoms with Crippen LogP contribution in [0, 0.1) is 13.8 Å².